The summed E-state index contributed by atoms with van der Waals surface area (Å²) < 4.78 is 0. The fourth-order valence-corrected chi connectivity index (χ4v) is 0.962. The second-order valence-corrected chi connectivity index (χ2v) is 2.90. The van der Waals surface area contributed by atoms with E-state index in [9.17, 15) is 0 Å². The topological polar surface area (TPSA) is 38.5 Å². The lowest BCUT2D eigenvalue weighted by Crippen LogP contribution is -2.34. The van der Waals surface area contributed by atoms with Gasteiger partial charge in [0, 0.05) is 19.6 Å². The van der Waals surface area contributed by atoms with Crippen molar-refractivity contribution in [2.75, 3.05) is 20.7 Å². The maximum atomic E-state index is 5.81. The summed E-state index contributed by atoms with van der Waals surface area (Å²) in [6, 6.07) is 0.250. The van der Waals surface area contributed by atoms with Crippen LogP contribution < -0.4 is 5.73 Å². The molecule has 1 atom stereocenters. The Hall–Kier alpha value is -0.120. The summed E-state index contributed by atoms with van der Waals surface area (Å²) in [6.07, 6.45) is 3.51. The number of hydrogen-bond acceptors (Lipinski definition) is 3. The van der Waals surface area contributed by atoms with E-state index in [1.807, 2.05) is 7.05 Å². The highest BCUT2D eigenvalue weighted by molar-refractivity contribution is 4.61. The van der Waals surface area contributed by atoms with Crippen LogP contribution in [-0.4, -0.2) is 31.8 Å². The van der Waals surface area contributed by atoms with Gasteiger partial charge in [0.25, 0.3) is 0 Å². The molecule has 0 bridgehead atoms. The third kappa shape index (κ3) is 6.28. The standard InChI is InChI=1S/C8H20N2O/c1-4-5-6-8(9)7-10(2)11-3/h8H,4-7,9H2,1-3H3. The van der Waals surface area contributed by atoms with Crippen LogP contribution in [-0.2, 0) is 4.84 Å². The Morgan fingerprint density at radius 1 is 1.55 bits per heavy atom. The van der Waals surface area contributed by atoms with Crippen molar-refractivity contribution in [1.29, 1.82) is 0 Å². The summed E-state index contributed by atoms with van der Waals surface area (Å²) in [7, 11) is 3.55. The zero-order valence-corrected chi connectivity index (χ0v) is 7.84. The van der Waals surface area contributed by atoms with Crippen molar-refractivity contribution in [3.8, 4) is 0 Å². The summed E-state index contributed by atoms with van der Waals surface area (Å²) in [5, 5.41) is 1.76. The average molecular weight is 160 g/mol. The number of rotatable bonds is 6. The molecule has 1 unspecified atom stereocenters. The molecule has 2 N–H and O–H groups in total. The van der Waals surface area contributed by atoms with E-state index in [0.29, 0.717) is 0 Å². The van der Waals surface area contributed by atoms with Gasteiger partial charge in [-0.1, -0.05) is 19.8 Å². The Morgan fingerprint density at radius 2 is 2.18 bits per heavy atom. The van der Waals surface area contributed by atoms with Crippen LogP contribution in [0.4, 0.5) is 0 Å². The molecule has 0 fully saturated rings. The molecule has 0 aromatic carbocycles. The van der Waals surface area contributed by atoms with E-state index in [4.69, 9.17) is 10.6 Å². The van der Waals surface area contributed by atoms with Crippen molar-refractivity contribution < 1.29 is 4.84 Å². The molecule has 0 radical (unpaired) electrons. The Morgan fingerprint density at radius 3 is 2.64 bits per heavy atom. The third-order valence-electron chi connectivity index (χ3n) is 1.73. The van der Waals surface area contributed by atoms with Crippen LogP contribution in [0.25, 0.3) is 0 Å². The molecule has 68 valence electrons. The first kappa shape index (κ1) is 10.9. The van der Waals surface area contributed by atoms with Crippen LogP contribution in [0.2, 0.25) is 0 Å². The summed E-state index contributed by atoms with van der Waals surface area (Å²) in [5.74, 6) is 0. The van der Waals surface area contributed by atoms with Crippen LogP contribution in [0.1, 0.15) is 26.2 Å². The van der Waals surface area contributed by atoms with Crippen molar-refractivity contribution in [1.82, 2.24) is 5.06 Å². The number of nitrogens with zero attached hydrogens (tertiary/aromatic N) is 1. The molecule has 0 saturated heterocycles. The van der Waals surface area contributed by atoms with E-state index in [-0.39, 0.29) is 6.04 Å². The molecule has 3 nitrogen and oxygen atoms in total. The molecule has 0 amide bonds. The lowest BCUT2D eigenvalue weighted by molar-refractivity contribution is -0.112. The summed E-state index contributed by atoms with van der Waals surface area (Å²) in [6.45, 7) is 2.99. The van der Waals surface area contributed by atoms with E-state index in [2.05, 4.69) is 6.92 Å². The monoisotopic (exact) mass is 160 g/mol. The van der Waals surface area contributed by atoms with E-state index < -0.39 is 0 Å². The van der Waals surface area contributed by atoms with Crippen molar-refractivity contribution >= 4 is 0 Å². The lowest BCUT2D eigenvalue weighted by atomic mass is 10.1. The van der Waals surface area contributed by atoms with Gasteiger partial charge in [-0.15, -0.1) is 0 Å². The number of hydroxylamine groups is 2. The fourth-order valence-electron chi connectivity index (χ4n) is 0.962. The quantitative estimate of drug-likeness (QED) is 0.589. The van der Waals surface area contributed by atoms with Gasteiger partial charge in [-0.25, -0.2) is 0 Å². The molecule has 0 spiro atoms. The first-order valence-corrected chi connectivity index (χ1v) is 4.21. The Bertz CT molecular complexity index is 88.2. The van der Waals surface area contributed by atoms with Gasteiger partial charge in [-0.3, -0.25) is 0 Å². The van der Waals surface area contributed by atoms with Gasteiger partial charge in [-0.05, 0) is 6.42 Å². The summed E-state index contributed by atoms with van der Waals surface area (Å²) >= 11 is 0. The van der Waals surface area contributed by atoms with Crippen LogP contribution in [0, 0.1) is 0 Å². The number of nitrogens with two attached hydrogens (primary N) is 1. The predicted octanol–water partition coefficient (Wildman–Crippen LogP) is 0.997. The van der Waals surface area contributed by atoms with Crippen molar-refractivity contribution in [3.05, 3.63) is 0 Å². The summed E-state index contributed by atoms with van der Waals surface area (Å²) in [5.41, 5.74) is 5.81. The van der Waals surface area contributed by atoms with Gasteiger partial charge >= 0.3 is 0 Å². The van der Waals surface area contributed by atoms with Gasteiger partial charge < -0.3 is 10.6 Å². The van der Waals surface area contributed by atoms with Crippen LogP contribution in [0.5, 0.6) is 0 Å². The van der Waals surface area contributed by atoms with E-state index in [1.54, 1.807) is 12.2 Å². The molecular formula is C8H20N2O. The zero-order chi connectivity index (χ0) is 8.69. The molecule has 0 aliphatic heterocycles. The molecule has 0 aromatic rings. The van der Waals surface area contributed by atoms with Gasteiger partial charge in [0.2, 0.25) is 0 Å². The molecule has 0 aliphatic rings. The molecule has 11 heavy (non-hydrogen) atoms. The lowest BCUT2D eigenvalue weighted by Gasteiger charge is -2.18. The minimum Gasteiger partial charge on any atom is -0.326 e. The first-order chi connectivity index (χ1) is 5.20. The Balaban J connectivity index is 3.27. The predicted molar refractivity (Wildman–Crippen MR) is 47.1 cm³/mol. The molecule has 0 saturated carbocycles. The zero-order valence-electron chi connectivity index (χ0n) is 7.84. The minimum atomic E-state index is 0.250. The first-order valence-electron chi connectivity index (χ1n) is 4.21. The van der Waals surface area contributed by atoms with Gasteiger partial charge in [0.15, 0.2) is 0 Å². The van der Waals surface area contributed by atoms with Crippen LogP contribution >= 0.6 is 0 Å². The van der Waals surface area contributed by atoms with Crippen LogP contribution in [0.15, 0.2) is 0 Å². The highest BCUT2D eigenvalue weighted by Gasteiger charge is 2.04. The van der Waals surface area contributed by atoms with Crippen molar-refractivity contribution in [2.24, 2.45) is 5.73 Å². The highest BCUT2D eigenvalue weighted by Crippen LogP contribution is 1.99. The van der Waals surface area contributed by atoms with Gasteiger partial charge in [0.05, 0.1) is 7.11 Å². The number of likely N-dealkylation sites (N-methyl/N-ethyl adjacent to an activating group) is 1. The Labute approximate surface area is 69.5 Å². The largest absolute Gasteiger partial charge is 0.326 e. The number of hydrogen-bond donors (Lipinski definition) is 1. The molecule has 0 rings (SSSR count). The minimum absolute atomic E-state index is 0.250. The fraction of sp³-hybridized carbons (Fsp3) is 1.00. The van der Waals surface area contributed by atoms with E-state index in [0.717, 1.165) is 13.0 Å². The maximum absolute atomic E-state index is 5.81. The third-order valence-corrected chi connectivity index (χ3v) is 1.73. The highest BCUT2D eigenvalue weighted by atomic mass is 16.7. The average Bonchev–Trinajstić information content (AvgIpc) is 2.00. The number of unbranched alkanes of at least 4 members (excludes halogenated alkanes) is 1. The molecule has 0 heterocycles. The Kier molecular flexibility index (Phi) is 6.51. The molecule has 0 aromatic heterocycles. The normalized spacial score (nSPS) is 13.9. The van der Waals surface area contributed by atoms with Gasteiger partial charge in [0.1, 0.15) is 0 Å². The van der Waals surface area contributed by atoms with Crippen molar-refractivity contribution in [3.63, 3.8) is 0 Å². The van der Waals surface area contributed by atoms with Crippen molar-refractivity contribution in [2.45, 2.75) is 32.2 Å². The molecule has 0 aliphatic carbocycles. The van der Waals surface area contributed by atoms with Gasteiger partial charge in [-0.2, -0.15) is 5.06 Å². The molecule has 3 heteroatoms. The second kappa shape index (κ2) is 6.58. The maximum Gasteiger partial charge on any atom is 0.0575 e. The second-order valence-electron chi connectivity index (χ2n) is 2.90. The SMILES string of the molecule is CCCCC(N)CN(C)OC. The van der Waals surface area contributed by atoms with E-state index in [1.165, 1.54) is 12.8 Å². The van der Waals surface area contributed by atoms with Crippen LogP contribution in [0.3, 0.4) is 0 Å². The smallest absolute Gasteiger partial charge is 0.0575 e. The molecular weight excluding hydrogens is 140 g/mol. The summed E-state index contributed by atoms with van der Waals surface area (Å²) in [4.78, 5) is 4.95. The van der Waals surface area contributed by atoms with E-state index >= 15 is 0 Å².